The highest BCUT2D eigenvalue weighted by Crippen LogP contribution is 2.16. The molecule has 0 radical (unpaired) electrons. The summed E-state index contributed by atoms with van der Waals surface area (Å²) in [6.45, 7) is 6.23. The molecule has 23 heavy (non-hydrogen) atoms. The predicted molar refractivity (Wildman–Crippen MR) is 91.9 cm³/mol. The summed E-state index contributed by atoms with van der Waals surface area (Å²) < 4.78 is 24.8. The molecular formula is C16H25N3O3S. The van der Waals surface area contributed by atoms with E-state index < -0.39 is 10.0 Å². The minimum Gasteiger partial charge on any atom is -0.368 e. The maximum atomic E-state index is 12.4. The van der Waals surface area contributed by atoms with Crippen LogP contribution in [0.1, 0.15) is 13.8 Å². The zero-order valence-corrected chi connectivity index (χ0v) is 14.8. The summed E-state index contributed by atoms with van der Waals surface area (Å²) in [5.74, 6) is -0.128. The topological polar surface area (TPSA) is 60.9 Å². The van der Waals surface area contributed by atoms with Crippen LogP contribution in [0.4, 0.5) is 5.69 Å². The fourth-order valence-corrected chi connectivity index (χ4v) is 3.88. The van der Waals surface area contributed by atoms with E-state index in [4.69, 9.17) is 0 Å². The van der Waals surface area contributed by atoms with Gasteiger partial charge in [0.05, 0.1) is 12.8 Å². The molecule has 1 fully saturated rings. The van der Waals surface area contributed by atoms with Gasteiger partial charge in [0.1, 0.15) is 0 Å². The third-order valence-corrected chi connectivity index (χ3v) is 5.45. The van der Waals surface area contributed by atoms with Gasteiger partial charge in [0.2, 0.25) is 15.9 Å². The highest BCUT2D eigenvalue weighted by Gasteiger charge is 2.27. The van der Waals surface area contributed by atoms with Gasteiger partial charge in [0.15, 0.2) is 0 Å². The van der Waals surface area contributed by atoms with Crippen molar-refractivity contribution in [2.24, 2.45) is 0 Å². The Balaban J connectivity index is 1.93. The third kappa shape index (κ3) is 4.68. The molecule has 1 heterocycles. The maximum absolute atomic E-state index is 12.4. The van der Waals surface area contributed by atoms with Gasteiger partial charge in [-0.1, -0.05) is 18.2 Å². The molecule has 0 saturated carbocycles. The maximum Gasteiger partial charge on any atom is 0.238 e. The van der Waals surface area contributed by atoms with Gasteiger partial charge in [-0.05, 0) is 26.0 Å². The molecule has 1 aromatic rings. The fraction of sp³-hybridized carbons (Fsp3) is 0.562. The first kappa shape index (κ1) is 17.7. The molecule has 128 valence electrons. The van der Waals surface area contributed by atoms with Crippen LogP contribution in [0.5, 0.6) is 0 Å². The first-order valence-corrected chi connectivity index (χ1v) is 9.68. The number of hydrogen-bond donors (Lipinski definition) is 0. The predicted octanol–water partition coefficient (Wildman–Crippen LogP) is 1.01. The summed E-state index contributed by atoms with van der Waals surface area (Å²) in [4.78, 5) is 16.4. The van der Waals surface area contributed by atoms with Crippen molar-refractivity contribution in [3.8, 4) is 0 Å². The summed E-state index contributed by atoms with van der Waals surface area (Å²) in [6.07, 6.45) is 1.15. The second kappa shape index (κ2) is 7.31. The van der Waals surface area contributed by atoms with Gasteiger partial charge in [0.25, 0.3) is 0 Å². The number of benzene rings is 1. The monoisotopic (exact) mass is 339 g/mol. The molecule has 1 aliphatic rings. The van der Waals surface area contributed by atoms with Crippen LogP contribution >= 0.6 is 0 Å². The van der Waals surface area contributed by atoms with Gasteiger partial charge in [0, 0.05) is 37.9 Å². The Kier molecular flexibility index (Phi) is 5.64. The van der Waals surface area contributed by atoms with Gasteiger partial charge in [-0.3, -0.25) is 4.79 Å². The molecular weight excluding hydrogens is 314 g/mol. The molecule has 6 nitrogen and oxygen atoms in total. The van der Waals surface area contributed by atoms with Gasteiger partial charge < -0.3 is 9.80 Å². The first-order chi connectivity index (χ1) is 10.8. The second-order valence-electron chi connectivity index (χ2n) is 6.11. The zero-order valence-electron chi connectivity index (χ0n) is 14.0. The zero-order chi connectivity index (χ0) is 17.0. The Bertz CT molecular complexity index is 623. The van der Waals surface area contributed by atoms with Crippen molar-refractivity contribution < 1.29 is 13.2 Å². The summed E-state index contributed by atoms with van der Waals surface area (Å²) in [5.41, 5.74) is 1.15. The number of carbonyl (C=O) groups excluding carboxylic acids is 1. The number of carbonyl (C=O) groups is 1. The molecule has 0 aromatic heterocycles. The minimum absolute atomic E-state index is 0.0815. The molecule has 0 unspecified atom stereocenters. The second-order valence-corrected chi connectivity index (χ2v) is 8.04. The van der Waals surface area contributed by atoms with Crippen molar-refractivity contribution in [1.29, 1.82) is 0 Å². The average Bonchev–Trinajstić information content (AvgIpc) is 2.52. The standard InChI is InChI=1S/C16H25N3O3S/c1-14(2)19(23(3,21)22)13-16(20)18-11-9-17(10-12-18)15-7-5-4-6-8-15/h4-8,14H,9-13H2,1-3H3. The van der Waals surface area contributed by atoms with E-state index in [0.717, 1.165) is 25.0 Å². The molecule has 1 amide bonds. The van der Waals surface area contributed by atoms with Crippen LogP contribution < -0.4 is 4.90 Å². The van der Waals surface area contributed by atoms with Gasteiger partial charge >= 0.3 is 0 Å². The third-order valence-electron chi connectivity index (χ3n) is 4.05. The van der Waals surface area contributed by atoms with E-state index in [1.807, 2.05) is 18.2 Å². The van der Waals surface area contributed by atoms with E-state index in [1.54, 1.807) is 18.7 Å². The van der Waals surface area contributed by atoms with Crippen LogP contribution in [0.25, 0.3) is 0 Å². The van der Waals surface area contributed by atoms with Crippen molar-refractivity contribution in [2.45, 2.75) is 19.9 Å². The summed E-state index contributed by atoms with van der Waals surface area (Å²) in [5, 5.41) is 0. The van der Waals surface area contributed by atoms with Crippen LogP contribution in [0.3, 0.4) is 0 Å². The molecule has 1 aromatic carbocycles. The smallest absolute Gasteiger partial charge is 0.238 e. The number of nitrogens with zero attached hydrogens (tertiary/aromatic N) is 3. The summed E-state index contributed by atoms with van der Waals surface area (Å²) in [7, 11) is -3.38. The van der Waals surface area contributed by atoms with Crippen molar-refractivity contribution in [3.63, 3.8) is 0 Å². The fourth-order valence-electron chi connectivity index (χ4n) is 2.77. The van der Waals surface area contributed by atoms with Crippen molar-refractivity contribution in [3.05, 3.63) is 30.3 Å². The number of rotatable bonds is 5. The SMILES string of the molecule is CC(C)N(CC(=O)N1CCN(c2ccccc2)CC1)S(C)(=O)=O. The van der Waals surface area contributed by atoms with Gasteiger partial charge in [-0.15, -0.1) is 0 Å². The molecule has 0 spiro atoms. The molecule has 0 atom stereocenters. The molecule has 0 bridgehead atoms. The van der Waals surface area contributed by atoms with E-state index in [-0.39, 0.29) is 18.5 Å². The van der Waals surface area contributed by atoms with Crippen molar-refractivity contribution in [2.75, 3.05) is 43.9 Å². The number of amides is 1. The van der Waals surface area contributed by atoms with Crippen molar-refractivity contribution >= 4 is 21.6 Å². The van der Waals surface area contributed by atoms with Crippen LogP contribution in [0.2, 0.25) is 0 Å². The molecule has 2 rings (SSSR count). The molecule has 0 N–H and O–H groups in total. The van der Waals surface area contributed by atoms with Crippen LogP contribution in [0.15, 0.2) is 30.3 Å². The lowest BCUT2D eigenvalue weighted by Crippen LogP contribution is -2.52. The lowest BCUT2D eigenvalue weighted by atomic mass is 10.2. The van der Waals surface area contributed by atoms with E-state index in [9.17, 15) is 13.2 Å². The van der Waals surface area contributed by atoms with E-state index >= 15 is 0 Å². The number of piperazine rings is 1. The quantitative estimate of drug-likeness (QED) is 0.803. The average molecular weight is 339 g/mol. The Morgan fingerprint density at radius 2 is 1.70 bits per heavy atom. The van der Waals surface area contributed by atoms with Crippen LogP contribution in [-0.4, -0.2) is 68.6 Å². The molecule has 0 aliphatic carbocycles. The molecule has 1 saturated heterocycles. The molecule has 1 aliphatic heterocycles. The Morgan fingerprint density at radius 3 is 2.17 bits per heavy atom. The minimum atomic E-state index is -3.38. The Labute approximate surface area is 138 Å². The van der Waals surface area contributed by atoms with E-state index in [0.29, 0.717) is 13.1 Å². The largest absolute Gasteiger partial charge is 0.368 e. The van der Waals surface area contributed by atoms with E-state index in [1.165, 1.54) is 4.31 Å². The van der Waals surface area contributed by atoms with Crippen molar-refractivity contribution in [1.82, 2.24) is 9.21 Å². The number of para-hydroxylation sites is 1. The number of hydrogen-bond acceptors (Lipinski definition) is 4. The van der Waals surface area contributed by atoms with Gasteiger partial charge in [-0.25, -0.2) is 8.42 Å². The summed E-state index contributed by atoms with van der Waals surface area (Å²) >= 11 is 0. The highest BCUT2D eigenvalue weighted by molar-refractivity contribution is 7.88. The lowest BCUT2D eigenvalue weighted by Gasteiger charge is -2.37. The molecule has 7 heteroatoms. The summed E-state index contributed by atoms with van der Waals surface area (Å²) in [6, 6.07) is 9.87. The first-order valence-electron chi connectivity index (χ1n) is 7.83. The Morgan fingerprint density at radius 1 is 1.13 bits per heavy atom. The van der Waals surface area contributed by atoms with Crippen LogP contribution in [0, 0.1) is 0 Å². The van der Waals surface area contributed by atoms with E-state index in [2.05, 4.69) is 17.0 Å². The number of sulfonamides is 1. The van der Waals surface area contributed by atoms with Gasteiger partial charge in [-0.2, -0.15) is 4.31 Å². The highest BCUT2D eigenvalue weighted by atomic mass is 32.2. The normalized spacial score (nSPS) is 16.2. The number of anilines is 1. The Hall–Kier alpha value is -1.60. The lowest BCUT2D eigenvalue weighted by molar-refractivity contribution is -0.131. The van der Waals surface area contributed by atoms with Crippen LogP contribution in [-0.2, 0) is 14.8 Å².